The average Bonchev–Trinajstić information content (AvgIpc) is 3.07. The Hall–Kier alpha value is -3.48. The number of benzene rings is 2. The van der Waals surface area contributed by atoms with Crippen LogP contribution in [-0.4, -0.2) is 49.1 Å². The number of amides is 1. The van der Waals surface area contributed by atoms with E-state index in [-0.39, 0.29) is 11.3 Å². The summed E-state index contributed by atoms with van der Waals surface area (Å²) in [4.78, 5) is 27.4. The van der Waals surface area contributed by atoms with Gasteiger partial charge in [0.05, 0.1) is 38.0 Å². The summed E-state index contributed by atoms with van der Waals surface area (Å²) in [6.07, 6.45) is 0.672. The summed E-state index contributed by atoms with van der Waals surface area (Å²) in [5, 5.41) is 11.2. The van der Waals surface area contributed by atoms with Gasteiger partial charge in [-0.1, -0.05) is 32.9 Å². The number of aliphatic hydroxyl groups excluding tert-OH is 1. The Labute approximate surface area is 194 Å². The first-order valence-corrected chi connectivity index (χ1v) is 11.1. The smallest absolute Gasteiger partial charge is 0.295 e. The fraction of sp³-hybridized carbons (Fsp3) is 0.385. The van der Waals surface area contributed by atoms with Crippen LogP contribution in [-0.2, 0) is 9.59 Å². The molecule has 1 amide bonds. The number of carbonyl (C=O) groups excluding carboxylic acids is 2. The summed E-state index contributed by atoms with van der Waals surface area (Å²) in [5.74, 6) is 0.349. The van der Waals surface area contributed by atoms with Crippen LogP contribution in [0.15, 0.2) is 48.0 Å². The Balaban J connectivity index is 2.10. The van der Waals surface area contributed by atoms with Gasteiger partial charge in [-0.3, -0.25) is 9.59 Å². The molecule has 2 aromatic carbocycles. The van der Waals surface area contributed by atoms with Crippen LogP contribution in [0.3, 0.4) is 0 Å². The molecule has 0 aliphatic carbocycles. The minimum atomic E-state index is -0.719. The molecule has 1 unspecified atom stereocenters. The third-order valence-electron chi connectivity index (χ3n) is 5.45. The number of ketones is 1. The van der Waals surface area contributed by atoms with Crippen molar-refractivity contribution in [1.29, 1.82) is 0 Å². The van der Waals surface area contributed by atoms with Crippen molar-refractivity contribution >= 4 is 17.4 Å². The van der Waals surface area contributed by atoms with Gasteiger partial charge >= 0.3 is 0 Å². The third-order valence-corrected chi connectivity index (χ3v) is 5.45. The molecule has 2 aromatic rings. The Bertz CT molecular complexity index is 1040. The van der Waals surface area contributed by atoms with Gasteiger partial charge in [-0.15, -0.1) is 0 Å². The lowest BCUT2D eigenvalue weighted by molar-refractivity contribution is -0.139. The average molecular weight is 454 g/mol. The maximum absolute atomic E-state index is 13.1. The van der Waals surface area contributed by atoms with Gasteiger partial charge < -0.3 is 24.2 Å². The summed E-state index contributed by atoms with van der Waals surface area (Å²) >= 11 is 0. The second-order valence-corrected chi connectivity index (χ2v) is 8.33. The van der Waals surface area contributed by atoms with E-state index in [4.69, 9.17) is 14.2 Å². The van der Waals surface area contributed by atoms with Gasteiger partial charge in [0.2, 0.25) is 0 Å². The van der Waals surface area contributed by atoms with Crippen molar-refractivity contribution in [3.63, 3.8) is 0 Å². The lowest BCUT2D eigenvalue weighted by atomic mass is 9.95. The van der Waals surface area contributed by atoms with E-state index in [9.17, 15) is 14.7 Å². The summed E-state index contributed by atoms with van der Waals surface area (Å²) in [6, 6.07) is 11.5. The Kier molecular flexibility index (Phi) is 7.63. The van der Waals surface area contributed by atoms with E-state index < -0.39 is 17.7 Å². The molecule has 0 saturated carbocycles. The van der Waals surface area contributed by atoms with Crippen LogP contribution in [0.25, 0.3) is 5.76 Å². The molecule has 1 aliphatic heterocycles. The highest BCUT2D eigenvalue weighted by Crippen LogP contribution is 2.41. The first-order chi connectivity index (χ1) is 15.8. The number of carbonyl (C=O) groups is 2. The molecule has 0 spiro atoms. The van der Waals surface area contributed by atoms with E-state index in [1.54, 1.807) is 18.2 Å². The van der Waals surface area contributed by atoms with Crippen molar-refractivity contribution in [2.45, 2.75) is 33.2 Å². The van der Waals surface area contributed by atoms with Crippen molar-refractivity contribution in [1.82, 2.24) is 4.90 Å². The van der Waals surface area contributed by atoms with Gasteiger partial charge in [0.1, 0.15) is 23.0 Å². The molecule has 3 rings (SSSR count). The van der Waals surface area contributed by atoms with E-state index in [1.165, 1.54) is 19.1 Å². The quantitative estimate of drug-likeness (QED) is 0.340. The van der Waals surface area contributed by atoms with Gasteiger partial charge in [-0.2, -0.15) is 0 Å². The normalized spacial score (nSPS) is 17.5. The van der Waals surface area contributed by atoms with Crippen LogP contribution < -0.4 is 14.2 Å². The fourth-order valence-electron chi connectivity index (χ4n) is 3.85. The van der Waals surface area contributed by atoms with Crippen molar-refractivity contribution in [2.75, 3.05) is 27.4 Å². The molecule has 33 heavy (non-hydrogen) atoms. The Morgan fingerprint density at radius 1 is 1.03 bits per heavy atom. The van der Waals surface area contributed by atoms with Crippen LogP contribution in [0.2, 0.25) is 0 Å². The number of methoxy groups -OCH3 is 2. The van der Waals surface area contributed by atoms with Gasteiger partial charge in [0.25, 0.3) is 11.7 Å². The van der Waals surface area contributed by atoms with Crippen LogP contribution in [0.4, 0.5) is 0 Å². The fourth-order valence-corrected chi connectivity index (χ4v) is 3.85. The molecule has 7 nitrogen and oxygen atoms in total. The lowest BCUT2D eigenvalue weighted by Gasteiger charge is -2.25. The predicted molar refractivity (Wildman–Crippen MR) is 126 cm³/mol. The summed E-state index contributed by atoms with van der Waals surface area (Å²) in [7, 11) is 2.99. The molecule has 1 heterocycles. The van der Waals surface area contributed by atoms with Gasteiger partial charge in [0.15, 0.2) is 0 Å². The van der Waals surface area contributed by atoms with E-state index >= 15 is 0 Å². The van der Waals surface area contributed by atoms with Gasteiger partial charge in [-0.25, -0.2) is 0 Å². The third kappa shape index (κ3) is 4.97. The minimum absolute atomic E-state index is 0.0350. The number of hydrogen-bond donors (Lipinski definition) is 1. The molecule has 176 valence electrons. The molecular weight excluding hydrogens is 422 g/mol. The zero-order valence-corrected chi connectivity index (χ0v) is 19.8. The highest BCUT2D eigenvalue weighted by Gasteiger charge is 2.45. The summed E-state index contributed by atoms with van der Waals surface area (Å²) < 4.78 is 16.4. The molecular formula is C26H31NO6. The van der Waals surface area contributed by atoms with Crippen LogP contribution in [0.5, 0.6) is 17.2 Å². The molecule has 1 saturated heterocycles. The van der Waals surface area contributed by atoms with Gasteiger partial charge in [0, 0.05) is 12.6 Å². The number of Topliss-reactive ketones (excluding diaryl/α,β-unsaturated/α-hetero) is 1. The monoisotopic (exact) mass is 453 g/mol. The first kappa shape index (κ1) is 24.2. The second-order valence-electron chi connectivity index (χ2n) is 8.33. The second kappa shape index (κ2) is 10.4. The SMILES string of the molecule is CCCN1C(=O)C(=O)/C(=C(\O)c2ccc(OC)cc2OC)C1c1ccc(OCC(C)C)cc1. The first-order valence-electron chi connectivity index (χ1n) is 11.1. The highest BCUT2D eigenvalue weighted by atomic mass is 16.5. The highest BCUT2D eigenvalue weighted by molar-refractivity contribution is 6.46. The number of likely N-dealkylation sites (tertiary alicyclic amines) is 1. The van der Waals surface area contributed by atoms with E-state index in [1.807, 2.05) is 31.2 Å². The molecule has 0 bridgehead atoms. The Morgan fingerprint density at radius 3 is 2.27 bits per heavy atom. The van der Waals surface area contributed by atoms with Crippen LogP contribution >= 0.6 is 0 Å². The molecule has 0 aromatic heterocycles. The number of ether oxygens (including phenoxy) is 3. The van der Waals surface area contributed by atoms with Crippen molar-refractivity contribution in [3.05, 3.63) is 59.2 Å². The number of hydrogen-bond acceptors (Lipinski definition) is 6. The lowest BCUT2D eigenvalue weighted by Crippen LogP contribution is -2.30. The Morgan fingerprint density at radius 2 is 1.70 bits per heavy atom. The van der Waals surface area contributed by atoms with E-state index in [2.05, 4.69) is 13.8 Å². The standard InChI is InChI=1S/C26H31NO6/c1-6-13-27-23(17-7-9-18(10-8-17)33-15-16(2)3)22(25(29)26(27)30)24(28)20-12-11-19(31-4)14-21(20)32-5/h7-12,14,16,23,28H,6,13,15H2,1-5H3/b24-22-. The molecule has 1 atom stereocenters. The topological polar surface area (TPSA) is 85.3 Å². The predicted octanol–water partition coefficient (Wildman–Crippen LogP) is 4.57. The van der Waals surface area contributed by atoms with Gasteiger partial charge in [-0.05, 0) is 42.2 Å². The van der Waals surface area contributed by atoms with E-state index in [0.717, 1.165) is 0 Å². The van der Waals surface area contributed by atoms with Crippen LogP contribution in [0, 0.1) is 5.92 Å². The molecule has 0 radical (unpaired) electrons. The number of rotatable bonds is 9. The number of nitrogens with zero attached hydrogens (tertiary/aromatic N) is 1. The molecule has 1 aliphatic rings. The zero-order valence-electron chi connectivity index (χ0n) is 19.8. The minimum Gasteiger partial charge on any atom is -0.507 e. The van der Waals surface area contributed by atoms with E-state index in [0.29, 0.717) is 53.9 Å². The number of aliphatic hydroxyl groups is 1. The summed E-state index contributed by atoms with van der Waals surface area (Å²) in [5.41, 5.74) is 1.07. The van der Waals surface area contributed by atoms with Crippen molar-refractivity contribution < 1.29 is 28.9 Å². The maximum atomic E-state index is 13.1. The molecule has 7 heteroatoms. The largest absolute Gasteiger partial charge is 0.507 e. The van der Waals surface area contributed by atoms with Crippen molar-refractivity contribution in [2.24, 2.45) is 5.92 Å². The van der Waals surface area contributed by atoms with Crippen molar-refractivity contribution in [3.8, 4) is 17.2 Å². The summed E-state index contributed by atoms with van der Waals surface area (Å²) in [6.45, 7) is 7.05. The maximum Gasteiger partial charge on any atom is 0.295 e. The van der Waals surface area contributed by atoms with Crippen LogP contribution in [0.1, 0.15) is 44.4 Å². The molecule has 1 fully saturated rings. The zero-order chi connectivity index (χ0) is 24.1. The molecule has 1 N–H and O–H groups in total.